The number of ether oxygens (including phenoxy) is 1. The molecule has 7 atom stereocenters. The maximum Gasteiger partial charge on any atom is 0.315 e. The number of aliphatic carboxylic acids is 1. The van der Waals surface area contributed by atoms with Crippen LogP contribution >= 0.6 is 0 Å². The van der Waals surface area contributed by atoms with Crippen molar-refractivity contribution in [3.05, 3.63) is 11.6 Å². The zero-order chi connectivity index (χ0) is 21.7. The van der Waals surface area contributed by atoms with Crippen molar-refractivity contribution in [2.45, 2.75) is 79.1 Å². The topological polar surface area (TPSA) is 63.6 Å². The number of hydrogen-bond donors (Lipinski definition) is 1. The normalized spacial score (nSPS) is 43.7. The molecule has 3 unspecified atom stereocenters. The second-order valence-electron chi connectivity index (χ2n) is 11.1. The van der Waals surface area contributed by atoms with E-state index in [9.17, 15) is 14.7 Å². The summed E-state index contributed by atoms with van der Waals surface area (Å²) in [5.41, 5.74) is -1.32. The first-order chi connectivity index (χ1) is 14.3. The minimum absolute atomic E-state index is 0.130. The Balaban J connectivity index is 1.75. The second kappa shape index (κ2) is 7.76. The van der Waals surface area contributed by atoms with E-state index in [-0.39, 0.29) is 17.8 Å². The van der Waals surface area contributed by atoms with E-state index in [4.69, 9.17) is 4.74 Å². The molecule has 0 aromatic carbocycles. The molecule has 0 saturated heterocycles. The molecule has 4 nitrogen and oxygen atoms in total. The van der Waals surface area contributed by atoms with Gasteiger partial charge in [0, 0.05) is 12.0 Å². The van der Waals surface area contributed by atoms with Gasteiger partial charge in [0.15, 0.2) is 0 Å². The molecule has 0 spiro atoms. The summed E-state index contributed by atoms with van der Waals surface area (Å²) in [5.74, 6) is 0.698. The maximum absolute atomic E-state index is 13.3. The molecule has 4 aliphatic rings. The lowest BCUT2D eigenvalue weighted by Crippen LogP contribution is -2.63. The number of aldehydes is 1. The Hall–Kier alpha value is -1.16. The van der Waals surface area contributed by atoms with Crippen LogP contribution in [0.5, 0.6) is 0 Å². The highest BCUT2D eigenvalue weighted by molar-refractivity contribution is 5.90. The van der Waals surface area contributed by atoms with Gasteiger partial charge in [-0.3, -0.25) is 4.79 Å². The molecule has 4 aliphatic carbocycles. The van der Waals surface area contributed by atoms with Crippen molar-refractivity contribution in [2.24, 2.45) is 45.8 Å². The van der Waals surface area contributed by atoms with E-state index in [1.807, 2.05) is 0 Å². The molecule has 0 aromatic rings. The lowest BCUT2D eigenvalue weighted by Gasteiger charge is -2.58. The zero-order valence-electron chi connectivity index (χ0n) is 19.3. The Bertz CT molecular complexity index is 727. The molecule has 0 aromatic heterocycles. The molecule has 30 heavy (non-hydrogen) atoms. The fourth-order valence-corrected chi connectivity index (χ4v) is 8.52. The van der Waals surface area contributed by atoms with Crippen molar-refractivity contribution >= 4 is 12.3 Å². The van der Waals surface area contributed by atoms with Gasteiger partial charge in [-0.25, -0.2) is 0 Å². The molecule has 168 valence electrons. The number of rotatable bonds is 10. The van der Waals surface area contributed by atoms with Gasteiger partial charge in [-0.15, -0.1) is 0 Å². The van der Waals surface area contributed by atoms with Crippen molar-refractivity contribution in [1.82, 2.24) is 0 Å². The van der Waals surface area contributed by atoms with Gasteiger partial charge >= 0.3 is 5.97 Å². The Kier molecular flexibility index (Phi) is 5.70. The first-order valence-corrected chi connectivity index (χ1v) is 12.3. The Morgan fingerprint density at radius 1 is 1.27 bits per heavy atom. The predicted molar refractivity (Wildman–Crippen MR) is 117 cm³/mol. The van der Waals surface area contributed by atoms with Gasteiger partial charge in [-0.1, -0.05) is 65.0 Å². The molecule has 0 aliphatic heterocycles. The van der Waals surface area contributed by atoms with Crippen LogP contribution in [0.25, 0.3) is 0 Å². The van der Waals surface area contributed by atoms with Gasteiger partial charge < -0.3 is 14.6 Å². The number of carboxylic acid groups (broad SMARTS) is 1. The fourth-order valence-electron chi connectivity index (χ4n) is 8.52. The van der Waals surface area contributed by atoms with Gasteiger partial charge in [-0.05, 0) is 55.3 Å². The first-order valence-electron chi connectivity index (χ1n) is 12.3. The van der Waals surface area contributed by atoms with E-state index in [0.29, 0.717) is 31.5 Å². The summed E-state index contributed by atoms with van der Waals surface area (Å²) in [6.45, 7) is 9.87. The molecular weight excluding hydrogens is 376 g/mol. The van der Waals surface area contributed by atoms with E-state index in [1.54, 1.807) is 0 Å². The van der Waals surface area contributed by atoms with Crippen LogP contribution in [0.15, 0.2) is 11.6 Å². The summed E-state index contributed by atoms with van der Waals surface area (Å²) in [5, 5.41) is 10.9. The average molecular weight is 417 g/mol. The quantitative estimate of drug-likeness (QED) is 0.290. The molecule has 0 heterocycles. The van der Waals surface area contributed by atoms with Crippen LogP contribution in [0.2, 0.25) is 0 Å². The summed E-state index contributed by atoms with van der Waals surface area (Å²) in [6, 6.07) is 0. The van der Waals surface area contributed by atoms with Crippen molar-refractivity contribution in [1.29, 1.82) is 0 Å². The Morgan fingerprint density at radius 3 is 2.67 bits per heavy atom. The minimum Gasteiger partial charge on any atom is -0.481 e. The van der Waals surface area contributed by atoms with E-state index in [2.05, 4.69) is 33.8 Å². The molecule has 3 saturated carbocycles. The Morgan fingerprint density at radius 2 is 2.03 bits per heavy atom. The SMILES string of the molecule is CCCCCCOCC12C[C@@H]3[C@H](C)CC[C@H]3C3(C=O)CC1C=C(C(C)C)[C@@]23C(=O)O. The van der Waals surface area contributed by atoms with Crippen LogP contribution in [-0.2, 0) is 14.3 Å². The third-order valence-electron chi connectivity index (χ3n) is 9.62. The molecule has 1 N–H and O–H groups in total. The molecule has 0 amide bonds. The van der Waals surface area contributed by atoms with Crippen LogP contribution in [0.4, 0.5) is 0 Å². The largest absolute Gasteiger partial charge is 0.481 e. The standard InChI is InChI=1S/C26H40O4/c1-5-6-7-8-11-30-16-25-14-20-18(4)9-10-21(20)24(15-27)13-19(25)12-22(17(2)3)26(24,25)23(28)29/h12,15,17-21H,5-11,13-14,16H2,1-4H3,(H,28,29)/t18-,19?,20-,21-,24?,25?,26+/m1/s1. The molecule has 3 fully saturated rings. The maximum atomic E-state index is 13.3. The van der Waals surface area contributed by atoms with Crippen LogP contribution in [0.1, 0.15) is 79.1 Å². The van der Waals surface area contributed by atoms with E-state index >= 15 is 0 Å². The van der Waals surface area contributed by atoms with Crippen LogP contribution < -0.4 is 0 Å². The molecule has 4 heteroatoms. The minimum atomic E-state index is -1.09. The van der Waals surface area contributed by atoms with E-state index in [1.165, 1.54) is 12.8 Å². The summed E-state index contributed by atoms with van der Waals surface area (Å²) in [6.07, 6.45) is 11.6. The van der Waals surface area contributed by atoms with Crippen molar-refractivity contribution in [2.75, 3.05) is 13.2 Å². The summed E-state index contributed by atoms with van der Waals surface area (Å²) in [4.78, 5) is 26.2. The smallest absolute Gasteiger partial charge is 0.315 e. The zero-order valence-corrected chi connectivity index (χ0v) is 19.3. The highest BCUT2D eigenvalue weighted by Gasteiger charge is 2.84. The van der Waals surface area contributed by atoms with Gasteiger partial charge in [-0.2, -0.15) is 0 Å². The summed E-state index contributed by atoms with van der Waals surface area (Å²) >= 11 is 0. The van der Waals surface area contributed by atoms with Crippen LogP contribution in [-0.4, -0.2) is 30.6 Å². The molecular formula is C26H40O4. The highest BCUT2D eigenvalue weighted by Crippen LogP contribution is 2.82. The van der Waals surface area contributed by atoms with Gasteiger partial charge in [0.2, 0.25) is 0 Å². The number of unbranched alkanes of at least 4 members (excludes halogenated alkanes) is 3. The van der Waals surface area contributed by atoms with Crippen LogP contribution in [0, 0.1) is 45.8 Å². The first kappa shape index (κ1) is 22.0. The van der Waals surface area contributed by atoms with Gasteiger partial charge in [0.1, 0.15) is 11.7 Å². The lowest BCUT2D eigenvalue weighted by atomic mass is 9.43. The van der Waals surface area contributed by atoms with Crippen molar-refractivity contribution in [3.63, 3.8) is 0 Å². The van der Waals surface area contributed by atoms with Crippen molar-refractivity contribution < 1.29 is 19.4 Å². The van der Waals surface area contributed by atoms with Gasteiger partial charge in [0.25, 0.3) is 0 Å². The molecule has 4 rings (SSSR count). The third-order valence-corrected chi connectivity index (χ3v) is 9.62. The summed E-state index contributed by atoms with van der Waals surface area (Å²) < 4.78 is 6.29. The third kappa shape index (κ3) is 2.55. The van der Waals surface area contributed by atoms with E-state index in [0.717, 1.165) is 44.0 Å². The number of carbonyl (C=O) groups excluding carboxylic acids is 1. The number of hydrogen-bond acceptors (Lipinski definition) is 3. The van der Waals surface area contributed by atoms with Gasteiger partial charge in [0.05, 0.1) is 12.0 Å². The summed E-state index contributed by atoms with van der Waals surface area (Å²) in [7, 11) is 0. The molecule has 0 radical (unpaired) electrons. The van der Waals surface area contributed by atoms with Crippen LogP contribution in [0.3, 0.4) is 0 Å². The number of fused-ring (bicyclic) bond motifs is 2. The number of carboxylic acids is 1. The fraction of sp³-hybridized carbons (Fsp3) is 0.846. The van der Waals surface area contributed by atoms with Crippen molar-refractivity contribution in [3.8, 4) is 0 Å². The molecule has 4 bridgehead atoms. The second-order valence-corrected chi connectivity index (χ2v) is 11.1. The lowest BCUT2D eigenvalue weighted by molar-refractivity contribution is -0.186. The monoisotopic (exact) mass is 416 g/mol. The Labute approximate surface area is 181 Å². The predicted octanol–water partition coefficient (Wildman–Crippen LogP) is 5.51. The number of allylic oxidation sites excluding steroid dienone is 1. The van der Waals surface area contributed by atoms with E-state index < -0.39 is 22.2 Å². The average Bonchev–Trinajstić information content (AvgIpc) is 3.27. The highest BCUT2D eigenvalue weighted by atomic mass is 16.5. The number of carbonyl (C=O) groups is 2.